The fraction of sp³-hybridized carbons (Fsp3) is 0.462. The van der Waals surface area contributed by atoms with Crippen molar-refractivity contribution < 1.29 is 18.3 Å². The van der Waals surface area contributed by atoms with E-state index in [1.807, 2.05) is 6.07 Å². The molecule has 0 heterocycles. The Morgan fingerprint density at radius 1 is 1.32 bits per heavy atom. The summed E-state index contributed by atoms with van der Waals surface area (Å²) < 4.78 is 21.6. The predicted octanol–water partition coefficient (Wildman–Crippen LogP) is 0.659. The maximum Gasteiger partial charge on any atom is 0.241 e. The number of sulfone groups is 1. The Morgan fingerprint density at radius 2 is 1.84 bits per heavy atom. The van der Waals surface area contributed by atoms with Crippen molar-refractivity contribution in [3.63, 3.8) is 0 Å². The lowest BCUT2D eigenvalue weighted by Gasteiger charge is -2.25. The summed E-state index contributed by atoms with van der Waals surface area (Å²) in [4.78, 5) is 12.1. The number of amides is 1. The van der Waals surface area contributed by atoms with Crippen molar-refractivity contribution in [2.24, 2.45) is 0 Å². The van der Waals surface area contributed by atoms with Crippen molar-refractivity contribution in [3.05, 3.63) is 35.9 Å². The van der Waals surface area contributed by atoms with E-state index >= 15 is 0 Å². The van der Waals surface area contributed by atoms with Gasteiger partial charge in [-0.15, -0.1) is 0 Å². The summed E-state index contributed by atoms with van der Waals surface area (Å²) >= 11 is 0. The maximum atomic E-state index is 12.1. The summed E-state index contributed by atoms with van der Waals surface area (Å²) in [7, 11) is -3.53. The molecule has 1 aromatic rings. The average Bonchev–Trinajstić information content (AvgIpc) is 2.35. The van der Waals surface area contributed by atoms with E-state index < -0.39 is 26.5 Å². The molecule has 1 atom stereocenters. The monoisotopic (exact) mass is 285 g/mol. The Hall–Kier alpha value is -1.40. The maximum absolute atomic E-state index is 12.1. The number of rotatable bonds is 5. The average molecular weight is 285 g/mol. The second-order valence-corrected chi connectivity index (χ2v) is 7.47. The summed E-state index contributed by atoms with van der Waals surface area (Å²) in [5.41, 5.74) is 0.725. The van der Waals surface area contributed by atoms with E-state index in [4.69, 9.17) is 0 Å². The molecule has 2 N–H and O–H groups in total. The van der Waals surface area contributed by atoms with Crippen LogP contribution in [0, 0.1) is 0 Å². The zero-order valence-electron chi connectivity index (χ0n) is 11.3. The first-order valence-electron chi connectivity index (χ1n) is 5.86. The minimum Gasteiger partial charge on any atom is -0.394 e. The minimum atomic E-state index is -3.53. The second kappa shape index (κ2) is 5.71. The van der Waals surface area contributed by atoms with Gasteiger partial charge in [-0.2, -0.15) is 0 Å². The van der Waals surface area contributed by atoms with Crippen LogP contribution in [0.2, 0.25) is 0 Å². The number of benzene rings is 1. The third kappa shape index (κ3) is 3.54. The predicted molar refractivity (Wildman–Crippen MR) is 73.3 cm³/mol. The smallest absolute Gasteiger partial charge is 0.241 e. The van der Waals surface area contributed by atoms with Gasteiger partial charge in [-0.3, -0.25) is 4.79 Å². The summed E-state index contributed by atoms with van der Waals surface area (Å²) in [6.07, 6.45) is 1.02. The molecule has 0 aliphatic rings. The van der Waals surface area contributed by atoms with E-state index in [0.29, 0.717) is 0 Å². The molecule has 0 bridgehead atoms. The third-order valence-electron chi connectivity index (χ3n) is 3.16. The quantitative estimate of drug-likeness (QED) is 0.832. The third-order valence-corrected chi connectivity index (χ3v) is 5.20. The highest BCUT2D eigenvalue weighted by molar-refractivity contribution is 7.92. The van der Waals surface area contributed by atoms with Crippen molar-refractivity contribution in [2.75, 3.05) is 12.9 Å². The highest BCUT2D eigenvalue weighted by Gasteiger charge is 2.39. The van der Waals surface area contributed by atoms with Crippen LogP contribution in [0.15, 0.2) is 30.3 Å². The lowest BCUT2D eigenvalue weighted by atomic mass is 10.1. The number of carbonyl (C=O) groups is 1. The Morgan fingerprint density at radius 3 is 2.26 bits per heavy atom. The molecule has 0 radical (unpaired) electrons. The van der Waals surface area contributed by atoms with Gasteiger partial charge >= 0.3 is 0 Å². The molecule has 0 fully saturated rings. The van der Waals surface area contributed by atoms with Crippen LogP contribution in [0.4, 0.5) is 0 Å². The van der Waals surface area contributed by atoms with Gasteiger partial charge in [-0.1, -0.05) is 30.3 Å². The molecule has 0 saturated carbocycles. The van der Waals surface area contributed by atoms with E-state index in [9.17, 15) is 18.3 Å². The van der Waals surface area contributed by atoms with E-state index in [0.717, 1.165) is 11.8 Å². The number of nitrogens with one attached hydrogen (secondary N) is 1. The topological polar surface area (TPSA) is 83.5 Å². The molecule has 19 heavy (non-hydrogen) atoms. The molecule has 1 amide bonds. The van der Waals surface area contributed by atoms with E-state index in [-0.39, 0.29) is 6.61 Å². The summed E-state index contributed by atoms with van der Waals surface area (Å²) in [5, 5.41) is 11.9. The summed E-state index contributed by atoms with van der Waals surface area (Å²) in [6.45, 7) is 2.39. The molecular weight excluding hydrogens is 266 g/mol. The highest BCUT2D eigenvalue weighted by atomic mass is 32.2. The van der Waals surface area contributed by atoms with Crippen molar-refractivity contribution in [1.82, 2.24) is 5.32 Å². The molecule has 0 aromatic heterocycles. The molecule has 0 spiro atoms. The van der Waals surface area contributed by atoms with Crippen molar-refractivity contribution in [1.29, 1.82) is 0 Å². The van der Waals surface area contributed by atoms with Gasteiger partial charge in [-0.05, 0) is 19.4 Å². The van der Waals surface area contributed by atoms with E-state index in [1.54, 1.807) is 24.3 Å². The Balaban J connectivity index is 2.92. The molecule has 0 saturated heterocycles. The van der Waals surface area contributed by atoms with Crippen molar-refractivity contribution in [3.8, 4) is 0 Å². The summed E-state index contributed by atoms with van der Waals surface area (Å²) in [6, 6.07) is 8.29. The first kappa shape index (κ1) is 15.7. The molecular formula is C13H19NO4S. The number of aliphatic hydroxyl groups is 1. The first-order chi connectivity index (χ1) is 8.70. The van der Waals surface area contributed by atoms with Crippen LogP contribution in [0.3, 0.4) is 0 Å². The number of hydrogen-bond donors (Lipinski definition) is 2. The number of hydrogen-bond acceptors (Lipinski definition) is 4. The Labute approximate surface area is 113 Å². The fourth-order valence-electron chi connectivity index (χ4n) is 1.42. The van der Waals surface area contributed by atoms with Gasteiger partial charge in [0.1, 0.15) is 4.75 Å². The lowest BCUT2D eigenvalue weighted by Crippen LogP contribution is -2.49. The van der Waals surface area contributed by atoms with Gasteiger partial charge in [0.05, 0.1) is 12.6 Å². The zero-order chi connectivity index (χ0) is 14.7. The number of carbonyl (C=O) groups excluding carboxylic acids is 1. The second-order valence-electron chi connectivity index (χ2n) is 4.90. The van der Waals surface area contributed by atoms with Gasteiger partial charge in [-0.25, -0.2) is 8.42 Å². The van der Waals surface area contributed by atoms with Crippen LogP contribution in [0.25, 0.3) is 0 Å². The zero-order valence-corrected chi connectivity index (χ0v) is 12.1. The Kier molecular flexibility index (Phi) is 4.70. The van der Waals surface area contributed by atoms with Crippen LogP contribution in [-0.4, -0.2) is 37.0 Å². The van der Waals surface area contributed by atoms with Crippen molar-refractivity contribution in [2.45, 2.75) is 24.6 Å². The van der Waals surface area contributed by atoms with Gasteiger partial charge in [0, 0.05) is 6.26 Å². The molecule has 6 heteroatoms. The highest BCUT2D eigenvalue weighted by Crippen LogP contribution is 2.18. The molecule has 0 unspecified atom stereocenters. The molecule has 106 valence electrons. The Bertz CT molecular complexity index is 537. The number of aliphatic hydroxyl groups excluding tert-OH is 1. The fourth-order valence-corrected chi connectivity index (χ4v) is 1.82. The van der Waals surface area contributed by atoms with Crippen LogP contribution in [0.1, 0.15) is 25.5 Å². The van der Waals surface area contributed by atoms with Crippen LogP contribution in [0.5, 0.6) is 0 Å². The van der Waals surface area contributed by atoms with E-state index in [1.165, 1.54) is 13.8 Å². The normalized spacial score (nSPS) is 13.9. The van der Waals surface area contributed by atoms with Crippen LogP contribution >= 0.6 is 0 Å². The summed E-state index contributed by atoms with van der Waals surface area (Å²) in [5.74, 6) is -0.627. The van der Waals surface area contributed by atoms with E-state index in [2.05, 4.69) is 5.32 Å². The standard InChI is InChI=1S/C13H19NO4S/c1-13(2,19(3,17)18)12(16)14-11(9-15)10-7-5-4-6-8-10/h4-8,11,15H,9H2,1-3H3,(H,14,16)/t11-/m0/s1. The van der Waals surface area contributed by atoms with Gasteiger partial charge in [0.25, 0.3) is 0 Å². The lowest BCUT2D eigenvalue weighted by molar-refractivity contribution is -0.123. The SMILES string of the molecule is CC(C)(C(=O)N[C@@H](CO)c1ccccc1)S(C)(=O)=O. The van der Waals surface area contributed by atoms with Gasteiger partial charge in [0.15, 0.2) is 9.84 Å². The molecule has 1 aromatic carbocycles. The van der Waals surface area contributed by atoms with Crippen molar-refractivity contribution >= 4 is 15.7 Å². The molecule has 5 nitrogen and oxygen atoms in total. The van der Waals surface area contributed by atoms with Gasteiger partial charge in [0.2, 0.25) is 5.91 Å². The molecule has 0 aliphatic heterocycles. The largest absolute Gasteiger partial charge is 0.394 e. The van der Waals surface area contributed by atoms with Crippen LogP contribution < -0.4 is 5.32 Å². The molecule has 1 rings (SSSR count). The first-order valence-corrected chi connectivity index (χ1v) is 7.75. The van der Waals surface area contributed by atoms with Crippen LogP contribution in [-0.2, 0) is 14.6 Å². The molecule has 0 aliphatic carbocycles. The minimum absolute atomic E-state index is 0.296. The van der Waals surface area contributed by atoms with Gasteiger partial charge < -0.3 is 10.4 Å².